The van der Waals surface area contributed by atoms with Crippen molar-refractivity contribution in [3.8, 4) is 0 Å². The maximum absolute atomic E-state index is 12.0. The van der Waals surface area contributed by atoms with Gasteiger partial charge in [-0.15, -0.1) is 0 Å². The van der Waals surface area contributed by atoms with Gasteiger partial charge >= 0.3 is 0 Å². The minimum atomic E-state index is 0.386. The van der Waals surface area contributed by atoms with Crippen LogP contribution in [-0.4, -0.2) is 5.78 Å². The molecule has 0 aromatic carbocycles. The zero-order chi connectivity index (χ0) is 10.7. The van der Waals surface area contributed by atoms with E-state index in [9.17, 15) is 4.79 Å². The van der Waals surface area contributed by atoms with E-state index in [-0.39, 0.29) is 0 Å². The van der Waals surface area contributed by atoms with E-state index >= 15 is 0 Å². The third kappa shape index (κ3) is 2.83. The molecule has 0 N–H and O–H groups in total. The van der Waals surface area contributed by atoms with Crippen molar-refractivity contribution in [3.63, 3.8) is 0 Å². The third-order valence-corrected chi connectivity index (χ3v) is 3.45. The largest absolute Gasteiger partial charge is 0.299 e. The van der Waals surface area contributed by atoms with Crippen LogP contribution in [0, 0.1) is 23.7 Å². The van der Waals surface area contributed by atoms with Crippen molar-refractivity contribution < 1.29 is 4.79 Å². The molecule has 14 heavy (non-hydrogen) atoms. The molecule has 0 amide bonds. The van der Waals surface area contributed by atoms with Crippen LogP contribution in [0.3, 0.4) is 0 Å². The first-order valence-corrected chi connectivity index (χ1v) is 6.05. The summed E-state index contributed by atoms with van der Waals surface area (Å²) in [6.45, 7) is 8.78. The molecule has 0 saturated heterocycles. The second-order valence-corrected chi connectivity index (χ2v) is 5.51. The fourth-order valence-electron chi connectivity index (χ4n) is 2.74. The second kappa shape index (κ2) is 4.95. The maximum Gasteiger partial charge on any atom is 0.136 e. The Morgan fingerprint density at radius 2 is 1.86 bits per heavy atom. The first-order valence-electron chi connectivity index (χ1n) is 6.05. The van der Waals surface area contributed by atoms with Gasteiger partial charge in [-0.3, -0.25) is 4.79 Å². The average molecular weight is 196 g/mol. The molecular weight excluding hydrogens is 172 g/mol. The van der Waals surface area contributed by atoms with Crippen molar-refractivity contribution in [2.45, 2.75) is 53.4 Å². The fraction of sp³-hybridized carbons (Fsp3) is 0.923. The molecule has 2 unspecified atom stereocenters. The summed E-state index contributed by atoms with van der Waals surface area (Å²) in [4.78, 5) is 12.0. The Labute approximate surface area is 88.3 Å². The van der Waals surface area contributed by atoms with Crippen molar-refractivity contribution in [2.24, 2.45) is 23.7 Å². The Morgan fingerprint density at radius 1 is 1.21 bits per heavy atom. The predicted octanol–water partition coefficient (Wildman–Crippen LogP) is 3.67. The van der Waals surface area contributed by atoms with Crippen LogP contribution in [0.25, 0.3) is 0 Å². The van der Waals surface area contributed by atoms with Gasteiger partial charge in [0, 0.05) is 12.3 Å². The van der Waals surface area contributed by atoms with Crippen molar-refractivity contribution >= 4 is 5.78 Å². The van der Waals surface area contributed by atoms with Crippen molar-refractivity contribution in [1.82, 2.24) is 0 Å². The molecule has 1 aliphatic carbocycles. The molecule has 1 rings (SSSR count). The standard InChI is InChI=1S/C13H24O/c1-9(2)8-13(14)12-7-5-6-11(12)10(3)4/h9-12H,5-8H2,1-4H3. The molecule has 1 heteroatoms. The van der Waals surface area contributed by atoms with E-state index in [4.69, 9.17) is 0 Å². The highest BCUT2D eigenvalue weighted by molar-refractivity contribution is 5.81. The van der Waals surface area contributed by atoms with E-state index < -0.39 is 0 Å². The third-order valence-electron chi connectivity index (χ3n) is 3.45. The van der Waals surface area contributed by atoms with Gasteiger partial charge in [-0.1, -0.05) is 34.1 Å². The van der Waals surface area contributed by atoms with Crippen molar-refractivity contribution in [3.05, 3.63) is 0 Å². The van der Waals surface area contributed by atoms with Crippen molar-refractivity contribution in [1.29, 1.82) is 0 Å². The normalized spacial score (nSPS) is 27.6. The predicted molar refractivity (Wildman–Crippen MR) is 60.1 cm³/mol. The first kappa shape index (κ1) is 11.7. The van der Waals surface area contributed by atoms with Crippen molar-refractivity contribution in [2.75, 3.05) is 0 Å². The Morgan fingerprint density at radius 3 is 2.36 bits per heavy atom. The lowest BCUT2D eigenvalue weighted by molar-refractivity contribution is -0.125. The monoisotopic (exact) mass is 196 g/mol. The van der Waals surface area contributed by atoms with Gasteiger partial charge in [-0.25, -0.2) is 0 Å². The highest BCUT2D eigenvalue weighted by atomic mass is 16.1. The van der Waals surface area contributed by atoms with Crippen LogP contribution in [0.1, 0.15) is 53.4 Å². The molecule has 0 bridgehead atoms. The highest BCUT2D eigenvalue weighted by Gasteiger charge is 2.34. The number of carbonyl (C=O) groups is 1. The average Bonchev–Trinajstić information content (AvgIpc) is 2.49. The molecule has 0 aromatic rings. The van der Waals surface area contributed by atoms with Crippen LogP contribution < -0.4 is 0 Å². The Hall–Kier alpha value is -0.330. The van der Waals surface area contributed by atoms with Gasteiger partial charge in [0.15, 0.2) is 0 Å². The highest BCUT2D eigenvalue weighted by Crippen LogP contribution is 2.38. The van der Waals surface area contributed by atoms with Crippen LogP contribution >= 0.6 is 0 Å². The minimum Gasteiger partial charge on any atom is -0.299 e. The van der Waals surface area contributed by atoms with Gasteiger partial charge < -0.3 is 0 Å². The SMILES string of the molecule is CC(C)CC(=O)C1CCCC1C(C)C. The molecule has 1 saturated carbocycles. The van der Waals surface area contributed by atoms with Crippen LogP contribution in [0.4, 0.5) is 0 Å². The number of Topliss-reactive ketones (excluding diaryl/α,β-unsaturated/α-hetero) is 1. The molecular formula is C13H24O. The summed E-state index contributed by atoms with van der Waals surface area (Å²) in [5.41, 5.74) is 0. The zero-order valence-corrected chi connectivity index (χ0v) is 10.0. The molecule has 2 atom stereocenters. The maximum atomic E-state index is 12.0. The summed E-state index contributed by atoms with van der Waals surface area (Å²) in [5, 5.41) is 0. The lowest BCUT2D eigenvalue weighted by Crippen LogP contribution is -2.23. The number of rotatable bonds is 4. The second-order valence-electron chi connectivity index (χ2n) is 5.51. The smallest absolute Gasteiger partial charge is 0.136 e. The van der Waals surface area contributed by atoms with Gasteiger partial charge in [-0.2, -0.15) is 0 Å². The lowest BCUT2D eigenvalue weighted by atomic mass is 9.81. The topological polar surface area (TPSA) is 17.1 Å². The number of hydrogen-bond donors (Lipinski definition) is 0. The van der Waals surface area contributed by atoms with E-state index in [1.165, 1.54) is 12.8 Å². The molecule has 0 radical (unpaired) electrons. The van der Waals surface area contributed by atoms with Crippen LogP contribution in [0.5, 0.6) is 0 Å². The molecule has 1 aliphatic rings. The summed E-state index contributed by atoms with van der Waals surface area (Å²) in [5.74, 6) is 2.78. The van der Waals surface area contributed by atoms with E-state index in [0.29, 0.717) is 29.5 Å². The molecule has 1 fully saturated rings. The Bertz CT molecular complexity index is 193. The summed E-state index contributed by atoms with van der Waals surface area (Å²) in [6.07, 6.45) is 4.46. The zero-order valence-electron chi connectivity index (χ0n) is 10.0. The molecule has 0 spiro atoms. The molecule has 82 valence electrons. The summed E-state index contributed by atoms with van der Waals surface area (Å²) in [7, 11) is 0. The Balaban J connectivity index is 2.53. The lowest BCUT2D eigenvalue weighted by Gasteiger charge is -2.22. The molecule has 0 heterocycles. The summed E-state index contributed by atoms with van der Waals surface area (Å²) >= 11 is 0. The molecule has 1 nitrogen and oxygen atoms in total. The van der Waals surface area contributed by atoms with Gasteiger partial charge in [0.05, 0.1) is 0 Å². The summed E-state index contributed by atoms with van der Waals surface area (Å²) < 4.78 is 0. The minimum absolute atomic E-state index is 0.386. The summed E-state index contributed by atoms with van der Waals surface area (Å²) in [6, 6.07) is 0. The van der Waals surface area contributed by atoms with Gasteiger partial charge in [0.25, 0.3) is 0 Å². The van der Waals surface area contributed by atoms with E-state index in [0.717, 1.165) is 12.8 Å². The van der Waals surface area contributed by atoms with Crippen LogP contribution in [0.15, 0.2) is 0 Å². The van der Waals surface area contributed by atoms with Gasteiger partial charge in [0.1, 0.15) is 5.78 Å². The Kier molecular flexibility index (Phi) is 4.15. The van der Waals surface area contributed by atoms with E-state index in [2.05, 4.69) is 27.7 Å². The number of hydrogen-bond acceptors (Lipinski definition) is 1. The van der Waals surface area contributed by atoms with E-state index in [1.54, 1.807) is 0 Å². The molecule has 0 aromatic heterocycles. The van der Waals surface area contributed by atoms with Gasteiger partial charge in [-0.05, 0) is 30.6 Å². The molecule has 0 aliphatic heterocycles. The number of ketones is 1. The fourth-order valence-corrected chi connectivity index (χ4v) is 2.74. The van der Waals surface area contributed by atoms with E-state index in [1.807, 2.05) is 0 Å². The van der Waals surface area contributed by atoms with Gasteiger partial charge in [0.2, 0.25) is 0 Å². The van der Waals surface area contributed by atoms with Crippen LogP contribution in [-0.2, 0) is 4.79 Å². The quantitative estimate of drug-likeness (QED) is 0.670. The number of carbonyl (C=O) groups excluding carboxylic acids is 1. The first-order chi connectivity index (χ1) is 6.52. The van der Waals surface area contributed by atoms with Crippen LogP contribution in [0.2, 0.25) is 0 Å².